The molecule has 0 aliphatic rings. The average molecular weight is 271 g/mol. The highest BCUT2D eigenvalue weighted by molar-refractivity contribution is 5.94. The lowest BCUT2D eigenvalue weighted by Gasteiger charge is -2.10. The van der Waals surface area contributed by atoms with Crippen molar-refractivity contribution in [2.45, 2.75) is 19.9 Å². The first kappa shape index (κ1) is 13.9. The quantitative estimate of drug-likeness (QED) is 0.777. The highest BCUT2D eigenvalue weighted by atomic mass is 16.4. The van der Waals surface area contributed by atoms with E-state index in [4.69, 9.17) is 10.8 Å². The molecule has 0 atom stereocenters. The minimum atomic E-state index is -1.05. The molecule has 0 aliphatic carbocycles. The molecule has 5 heteroatoms. The fraction of sp³-hybridized carbons (Fsp3) is 0.200. The molecule has 0 amide bonds. The summed E-state index contributed by atoms with van der Waals surface area (Å²) in [6, 6.07) is 9.56. The summed E-state index contributed by atoms with van der Waals surface area (Å²) >= 11 is 0. The van der Waals surface area contributed by atoms with Gasteiger partial charge in [0, 0.05) is 6.54 Å². The number of rotatable bonds is 5. The maximum Gasteiger partial charge on any atom is 0.337 e. The normalized spacial score (nSPS) is 10.2. The van der Waals surface area contributed by atoms with Gasteiger partial charge in [0.05, 0.1) is 17.4 Å². The Morgan fingerprint density at radius 2 is 2.05 bits per heavy atom. The molecule has 0 unspecified atom stereocenters. The lowest BCUT2D eigenvalue weighted by atomic mass is 10.1. The summed E-state index contributed by atoms with van der Waals surface area (Å²) in [7, 11) is 0. The summed E-state index contributed by atoms with van der Waals surface area (Å²) in [5.74, 6) is -0.551. The molecule has 2 aromatic rings. The maximum absolute atomic E-state index is 11.0. The van der Waals surface area contributed by atoms with E-state index >= 15 is 0 Å². The number of aryl methyl sites for hydroxylation is 1. The Morgan fingerprint density at radius 1 is 1.35 bits per heavy atom. The minimum absolute atomic E-state index is 0.0614. The van der Waals surface area contributed by atoms with Crippen LogP contribution in [0, 0.1) is 0 Å². The predicted octanol–water partition coefficient (Wildman–Crippen LogP) is 2.54. The van der Waals surface area contributed by atoms with Crippen LogP contribution >= 0.6 is 0 Å². The van der Waals surface area contributed by atoms with E-state index in [0.29, 0.717) is 12.4 Å². The van der Waals surface area contributed by atoms with Crippen LogP contribution in [0.1, 0.15) is 28.4 Å². The number of carbonyl (C=O) groups is 1. The van der Waals surface area contributed by atoms with Gasteiger partial charge in [-0.1, -0.05) is 31.2 Å². The molecule has 20 heavy (non-hydrogen) atoms. The molecule has 104 valence electrons. The van der Waals surface area contributed by atoms with Gasteiger partial charge in [-0.2, -0.15) is 0 Å². The van der Waals surface area contributed by atoms with E-state index < -0.39 is 5.97 Å². The molecule has 1 aromatic carbocycles. The van der Waals surface area contributed by atoms with Crippen LogP contribution in [0.5, 0.6) is 0 Å². The van der Waals surface area contributed by atoms with Crippen molar-refractivity contribution in [2.75, 3.05) is 11.1 Å². The van der Waals surface area contributed by atoms with Crippen LogP contribution in [0.25, 0.3) is 0 Å². The summed E-state index contributed by atoms with van der Waals surface area (Å²) in [6.07, 6.45) is 2.31. The van der Waals surface area contributed by atoms with E-state index in [0.717, 1.165) is 6.42 Å². The lowest BCUT2D eigenvalue weighted by Crippen LogP contribution is -2.08. The third-order valence-electron chi connectivity index (χ3n) is 3.12. The summed E-state index contributed by atoms with van der Waals surface area (Å²) in [4.78, 5) is 15.1. The van der Waals surface area contributed by atoms with Crippen molar-refractivity contribution < 1.29 is 9.90 Å². The van der Waals surface area contributed by atoms with E-state index in [1.165, 1.54) is 23.4 Å². The second kappa shape index (κ2) is 6.06. The molecule has 0 aliphatic heterocycles. The summed E-state index contributed by atoms with van der Waals surface area (Å²) in [6.45, 7) is 2.70. The number of pyridine rings is 1. The SMILES string of the molecule is CCc1ccccc1CNc1cc(C(=O)O)c(N)cn1. The molecular weight excluding hydrogens is 254 g/mol. The van der Waals surface area contributed by atoms with Crippen molar-refractivity contribution >= 4 is 17.5 Å². The van der Waals surface area contributed by atoms with Crippen LogP contribution in [0.15, 0.2) is 36.5 Å². The fourth-order valence-electron chi connectivity index (χ4n) is 2.01. The zero-order valence-electron chi connectivity index (χ0n) is 11.3. The van der Waals surface area contributed by atoms with Crippen LogP contribution in [0.2, 0.25) is 0 Å². The van der Waals surface area contributed by atoms with Gasteiger partial charge in [0.25, 0.3) is 0 Å². The molecule has 0 fully saturated rings. The van der Waals surface area contributed by atoms with Crippen LogP contribution in [0.4, 0.5) is 11.5 Å². The van der Waals surface area contributed by atoms with Crippen molar-refractivity contribution in [3.63, 3.8) is 0 Å². The molecule has 4 N–H and O–H groups in total. The predicted molar refractivity (Wildman–Crippen MR) is 78.8 cm³/mol. The molecule has 0 spiro atoms. The molecule has 0 saturated heterocycles. The third-order valence-corrected chi connectivity index (χ3v) is 3.12. The third kappa shape index (κ3) is 3.06. The van der Waals surface area contributed by atoms with E-state index in [2.05, 4.69) is 23.3 Å². The number of hydrogen-bond donors (Lipinski definition) is 3. The van der Waals surface area contributed by atoms with Gasteiger partial charge in [0.2, 0.25) is 0 Å². The van der Waals surface area contributed by atoms with Crippen LogP contribution < -0.4 is 11.1 Å². The van der Waals surface area contributed by atoms with Gasteiger partial charge in [0.1, 0.15) is 5.82 Å². The lowest BCUT2D eigenvalue weighted by molar-refractivity contribution is 0.0698. The van der Waals surface area contributed by atoms with E-state index in [-0.39, 0.29) is 11.3 Å². The fourth-order valence-corrected chi connectivity index (χ4v) is 2.01. The largest absolute Gasteiger partial charge is 0.478 e. The maximum atomic E-state index is 11.0. The van der Waals surface area contributed by atoms with Crippen LogP contribution in [-0.4, -0.2) is 16.1 Å². The van der Waals surface area contributed by atoms with Crippen LogP contribution in [0.3, 0.4) is 0 Å². The van der Waals surface area contributed by atoms with Crippen molar-refractivity contribution in [1.82, 2.24) is 4.98 Å². The van der Waals surface area contributed by atoms with Gasteiger partial charge >= 0.3 is 5.97 Å². The summed E-state index contributed by atoms with van der Waals surface area (Å²) in [5, 5.41) is 12.2. The van der Waals surface area contributed by atoms with Gasteiger partial charge < -0.3 is 16.2 Å². The van der Waals surface area contributed by atoms with Crippen molar-refractivity contribution in [3.05, 3.63) is 53.2 Å². The highest BCUT2D eigenvalue weighted by Gasteiger charge is 2.09. The monoisotopic (exact) mass is 271 g/mol. The standard InChI is InChI=1S/C15H17N3O2/c1-2-10-5-3-4-6-11(10)8-17-14-7-12(15(19)20)13(16)9-18-14/h3-7,9H,2,8,16H2,1H3,(H,17,18)(H,19,20). The number of benzene rings is 1. The number of aromatic carboxylic acids is 1. The van der Waals surface area contributed by atoms with Crippen molar-refractivity contribution in [1.29, 1.82) is 0 Å². The zero-order valence-corrected chi connectivity index (χ0v) is 11.3. The average Bonchev–Trinajstić information content (AvgIpc) is 2.46. The molecule has 2 rings (SSSR count). The molecular formula is C15H17N3O2. The number of nitrogens with one attached hydrogen (secondary N) is 1. The molecule has 0 radical (unpaired) electrons. The number of carboxylic acid groups (broad SMARTS) is 1. The number of nitrogen functional groups attached to an aromatic ring is 1. The molecule has 0 bridgehead atoms. The highest BCUT2D eigenvalue weighted by Crippen LogP contribution is 2.16. The second-order valence-corrected chi connectivity index (χ2v) is 4.44. The van der Waals surface area contributed by atoms with Gasteiger partial charge in [-0.15, -0.1) is 0 Å². The number of hydrogen-bond acceptors (Lipinski definition) is 4. The Morgan fingerprint density at radius 3 is 2.70 bits per heavy atom. The minimum Gasteiger partial charge on any atom is -0.478 e. The number of nitrogens with zero attached hydrogens (tertiary/aromatic N) is 1. The van der Waals surface area contributed by atoms with E-state index in [1.54, 1.807) is 0 Å². The molecule has 1 heterocycles. The van der Waals surface area contributed by atoms with Crippen molar-refractivity contribution in [3.8, 4) is 0 Å². The van der Waals surface area contributed by atoms with E-state index in [1.807, 2.05) is 18.2 Å². The Kier molecular flexibility index (Phi) is 4.20. The first-order chi connectivity index (χ1) is 9.61. The second-order valence-electron chi connectivity index (χ2n) is 4.44. The number of carboxylic acids is 1. The Labute approximate surface area is 117 Å². The number of aromatic nitrogens is 1. The van der Waals surface area contributed by atoms with Crippen LogP contribution in [-0.2, 0) is 13.0 Å². The zero-order chi connectivity index (χ0) is 14.5. The first-order valence-electron chi connectivity index (χ1n) is 6.41. The Hall–Kier alpha value is -2.56. The van der Waals surface area contributed by atoms with Gasteiger partial charge in [-0.25, -0.2) is 9.78 Å². The summed E-state index contributed by atoms with van der Waals surface area (Å²) < 4.78 is 0. The first-order valence-corrected chi connectivity index (χ1v) is 6.41. The number of nitrogens with two attached hydrogens (primary N) is 1. The molecule has 0 saturated carbocycles. The topological polar surface area (TPSA) is 88.2 Å². The smallest absolute Gasteiger partial charge is 0.337 e. The molecule has 5 nitrogen and oxygen atoms in total. The van der Waals surface area contributed by atoms with E-state index in [9.17, 15) is 4.79 Å². The van der Waals surface area contributed by atoms with Gasteiger partial charge in [-0.05, 0) is 23.6 Å². The Bertz CT molecular complexity index is 626. The van der Waals surface area contributed by atoms with Gasteiger partial charge in [-0.3, -0.25) is 0 Å². The summed E-state index contributed by atoms with van der Waals surface area (Å²) in [5.41, 5.74) is 8.23. The number of anilines is 2. The molecule has 1 aromatic heterocycles. The van der Waals surface area contributed by atoms with Gasteiger partial charge in [0.15, 0.2) is 0 Å². The Balaban J connectivity index is 2.15. The van der Waals surface area contributed by atoms with Crippen molar-refractivity contribution in [2.24, 2.45) is 0 Å².